The molecular weight excluding hydrogens is 334 g/mol. The van der Waals surface area contributed by atoms with Crippen molar-refractivity contribution < 1.29 is 14.3 Å². The summed E-state index contributed by atoms with van der Waals surface area (Å²) in [5.74, 6) is 2.95. The highest BCUT2D eigenvalue weighted by Crippen LogP contribution is 2.16. The molecular formula is C20H25NO3S. The molecule has 5 heteroatoms. The number of hydrogen-bond acceptors (Lipinski definition) is 4. The molecule has 4 nitrogen and oxygen atoms in total. The van der Waals surface area contributed by atoms with Crippen molar-refractivity contribution in [2.75, 3.05) is 26.0 Å². The van der Waals surface area contributed by atoms with Crippen LogP contribution in [0.15, 0.2) is 48.5 Å². The third-order valence-corrected chi connectivity index (χ3v) is 4.69. The zero-order chi connectivity index (χ0) is 17.9. The van der Waals surface area contributed by atoms with Gasteiger partial charge in [-0.25, -0.2) is 0 Å². The Balaban J connectivity index is 1.57. The van der Waals surface area contributed by atoms with E-state index < -0.39 is 0 Å². The summed E-state index contributed by atoms with van der Waals surface area (Å²) in [7, 11) is 1.65. The third-order valence-electron chi connectivity index (χ3n) is 3.69. The molecule has 0 aromatic heterocycles. The Morgan fingerprint density at radius 1 is 1.00 bits per heavy atom. The van der Waals surface area contributed by atoms with Gasteiger partial charge < -0.3 is 14.8 Å². The molecule has 0 aliphatic rings. The van der Waals surface area contributed by atoms with Gasteiger partial charge in [0, 0.05) is 5.75 Å². The number of amides is 1. The summed E-state index contributed by atoms with van der Waals surface area (Å²) in [4.78, 5) is 11.8. The molecule has 0 aliphatic heterocycles. The van der Waals surface area contributed by atoms with Crippen molar-refractivity contribution in [2.45, 2.75) is 19.1 Å². The van der Waals surface area contributed by atoms with Crippen molar-refractivity contribution in [1.29, 1.82) is 0 Å². The van der Waals surface area contributed by atoms with Crippen molar-refractivity contribution in [3.05, 3.63) is 59.7 Å². The van der Waals surface area contributed by atoms with E-state index in [1.165, 1.54) is 11.1 Å². The SMILES string of the molecule is CCc1ccc(OCCNC(=O)CSCc2ccc(OC)cc2)cc1. The number of thioether (sulfide) groups is 1. The van der Waals surface area contributed by atoms with Gasteiger partial charge in [0.1, 0.15) is 18.1 Å². The van der Waals surface area contributed by atoms with Gasteiger partial charge in [0.05, 0.1) is 19.4 Å². The third kappa shape index (κ3) is 7.10. The van der Waals surface area contributed by atoms with Crippen LogP contribution >= 0.6 is 11.8 Å². The normalized spacial score (nSPS) is 10.3. The van der Waals surface area contributed by atoms with Crippen LogP contribution in [-0.2, 0) is 17.0 Å². The van der Waals surface area contributed by atoms with Gasteiger partial charge >= 0.3 is 0 Å². The first kappa shape index (κ1) is 19.2. The summed E-state index contributed by atoms with van der Waals surface area (Å²) in [6.07, 6.45) is 1.02. The van der Waals surface area contributed by atoms with Crippen molar-refractivity contribution in [1.82, 2.24) is 5.32 Å². The van der Waals surface area contributed by atoms with Crippen LogP contribution in [0.4, 0.5) is 0 Å². The Kier molecular flexibility index (Phi) is 8.19. The van der Waals surface area contributed by atoms with E-state index >= 15 is 0 Å². The van der Waals surface area contributed by atoms with Gasteiger partial charge in [-0.15, -0.1) is 11.8 Å². The zero-order valence-electron chi connectivity index (χ0n) is 14.8. The lowest BCUT2D eigenvalue weighted by Gasteiger charge is -2.08. The molecule has 0 unspecified atom stereocenters. The van der Waals surface area contributed by atoms with E-state index in [0.717, 1.165) is 23.7 Å². The second-order valence-electron chi connectivity index (χ2n) is 5.54. The topological polar surface area (TPSA) is 47.6 Å². The first-order valence-electron chi connectivity index (χ1n) is 8.40. The predicted octanol–water partition coefficient (Wildman–Crippen LogP) is 3.69. The molecule has 0 radical (unpaired) electrons. The molecule has 0 aliphatic carbocycles. The van der Waals surface area contributed by atoms with Crippen LogP contribution in [-0.4, -0.2) is 31.9 Å². The van der Waals surface area contributed by atoms with Gasteiger partial charge in [0.25, 0.3) is 0 Å². The number of benzene rings is 2. The summed E-state index contributed by atoms with van der Waals surface area (Å²) in [5, 5.41) is 2.88. The number of nitrogens with one attached hydrogen (secondary N) is 1. The minimum absolute atomic E-state index is 0.0310. The highest BCUT2D eigenvalue weighted by Gasteiger charge is 2.02. The fourth-order valence-electron chi connectivity index (χ4n) is 2.22. The average molecular weight is 359 g/mol. The highest BCUT2D eigenvalue weighted by molar-refractivity contribution is 7.99. The van der Waals surface area contributed by atoms with Crippen molar-refractivity contribution in [3.63, 3.8) is 0 Å². The molecule has 2 rings (SSSR count). The van der Waals surface area contributed by atoms with Crippen molar-refractivity contribution in [3.8, 4) is 11.5 Å². The van der Waals surface area contributed by atoms with Crippen LogP contribution < -0.4 is 14.8 Å². The summed E-state index contributed by atoms with van der Waals surface area (Å²) in [6, 6.07) is 15.9. The van der Waals surface area contributed by atoms with E-state index in [2.05, 4.69) is 24.4 Å². The maximum Gasteiger partial charge on any atom is 0.230 e. The minimum Gasteiger partial charge on any atom is -0.497 e. The quantitative estimate of drug-likeness (QED) is 0.657. The van der Waals surface area contributed by atoms with Crippen molar-refractivity contribution >= 4 is 17.7 Å². The number of carbonyl (C=O) groups is 1. The molecule has 1 N–H and O–H groups in total. The predicted molar refractivity (Wildman–Crippen MR) is 103 cm³/mol. The fraction of sp³-hybridized carbons (Fsp3) is 0.350. The van der Waals surface area contributed by atoms with Gasteiger partial charge in [-0.3, -0.25) is 4.79 Å². The first-order valence-corrected chi connectivity index (χ1v) is 9.56. The molecule has 0 saturated heterocycles. The Labute approximate surface area is 153 Å². The smallest absolute Gasteiger partial charge is 0.230 e. The number of methoxy groups -OCH3 is 1. The van der Waals surface area contributed by atoms with Gasteiger partial charge in [-0.1, -0.05) is 31.2 Å². The van der Waals surface area contributed by atoms with Crippen molar-refractivity contribution in [2.24, 2.45) is 0 Å². The van der Waals surface area contributed by atoms with E-state index in [9.17, 15) is 4.79 Å². The molecule has 134 valence electrons. The molecule has 0 spiro atoms. The lowest BCUT2D eigenvalue weighted by molar-refractivity contribution is -0.118. The molecule has 2 aromatic rings. The second-order valence-corrected chi connectivity index (χ2v) is 6.52. The molecule has 25 heavy (non-hydrogen) atoms. The second kappa shape index (κ2) is 10.7. The van der Waals surface area contributed by atoms with E-state index in [-0.39, 0.29) is 5.91 Å². The van der Waals surface area contributed by atoms with Gasteiger partial charge in [-0.2, -0.15) is 0 Å². The number of rotatable bonds is 10. The summed E-state index contributed by atoms with van der Waals surface area (Å²) < 4.78 is 10.7. The lowest BCUT2D eigenvalue weighted by atomic mass is 10.2. The Morgan fingerprint density at radius 3 is 2.28 bits per heavy atom. The van der Waals surface area contributed by atoms with Crippen LogP contribution in [0.1, 0.15) is 18.1 Å². The maximum absolute atomic E-state index is 11.8. The number of aryl methyl sites for hydroxylation is 1. The molecule has 0 bridgehead atoms. The zero-order valence-corrected chi connectivity index (χ0v) is 15.6. The molecule has 2 aromatic carbocycles. The van der Waals surface area contributed by atoms with E-state index in [1.807, 2.05) is 36.4 Å². The van der Waals surface area contributed by atoms with Crippen LogP contribution in [0.25, 0.3) is 0 Å². The molecule has 0 atom stereocenters. The van der Waals surface area contributed by atoms with E-state index in [1.54, 1.807) is 18.9 Å². The fourth-order valence-corrected chi connectivity index (χ4v) is 3.03. The highest BCUT2D eigenvalue weighted by atomic mass is 32.2. The van der Waals surface area contributed by atoms with E-state index in [4.69, 9.17) is 9.47 Å². The summed E-state index contributed by atoms with van der Waals surface area (Å²) >= 11 is 1.59. The van der Waals surface area contributed by atoms with Gasteiger partial charge in [-0.05, 0) is 41.8 Å². The largest absolute Gasteiger partial charge is 0.497 e. The van der Waals surface area contributed by atoms with Gasteiger partial charge in [0.2, 0.25) is 5.91 Å². The summed E-state index contributed by atoms with van der Waals surface area (Å²) in [5.41, 5.74) is 2.46. The molecule has 0 heterocycles. The molecule has 1 amide bonds. The van der Waals surface area contributed by atoms with Gasteiger partial charge in [0.15, 0.2) is 0 Å². The Bertz CT molecular complexity index is 641. The maximum atomic E-state index is 11.8. The number of carbonyl (C=O) groups excluding carboxylic acids is 1. The van der Waals surface area contributed by atoms with Crippen LogP contribution in [0.3, 0.4) is 0 Å². The minimum atomic E-state index is 0.0310. The average Bonchev–Trinajstić information content (AvgIpc) is 2.66. The standard InChI is InChI=1S/C20H25NO3S/c1-3-16-4-10-19(11-5-16)24-13-12-21-20(22)15-25-14-17-6-8-18(23-2)9-7-17/h4-11H,3,12-15H2,1-2H3,(H,21,22). The number of hydrogen-bond donors (Lipinski definition) is 1. The monoisotopic (exact) mass is 359 g/mol. The number of ether oxygens (including phenoxy) is 2. The Hall–Kier alpha value is -2.14. The first-order chi connectivity index (χ1) is 12.2. The Morgan fingerprint density at radius 2 is 1.64 bits per heavy atom. The lowest BCUT2D eigenvalue weighted by Crippen LogP contribution is -2.29. The van der Waals surface area contributed by atoms with Crippen LogP contribution in [0.5, 0.6) is 11.5 Å². The van der Waals surface area contributed by atoms with Crippen LogP contribution in [0.2, 0.25) is 0 Å². The molecule has 0 fully saturated rings. The van der Waals surface area contributed by atoms with E-state index in [0.29, 0.717) is 18.9 Å². The van der Waals surface area contributed by atoms with Crippen LogP contribution in [0, 0.1) is 0 Å². The summed E-state index contributed by atoms with van der Waals surface area (Å²) in [6.45, 7) is 3.11. The molecule has 0 saturated carbocycles.